The lowest BCUT2D eigenvalue weighted by molar-refractivity contribution is -0.137. The zero-order valence-electron chi connectivity index (χ0n) is 17.6. The van der Waals surface area contributed by atoms with Gasteiger partial charge in [0.05, 0.1) is 5.56 Å². The van der Waals surface area contributed by atoms with Crippen molar-refractivity contribution in [1.29, 1.82) is 0 Å². The number of amides is 2. The number of aromatic nitrogens is 1. The second-order valence-corrected chi connectivity index (χ2v) is 7.97. The van der Waals surface area contributed by atoms with E-state index >= 15 is 0 Å². The highest BCUT2D eigenvalue weighted by atomic mass is 19.4. The highest BCUT2D eigenvalue weighted by molar-refractivity contribution is 5.94. The zero-order chi connectivity index (χ0) is 22.6. The van der Waals surface area contributed by atoms with Crippen molar-refractivity contribution >= 4 is 11.8 Å². The smallest absolute Gasteiger partial charge is 0.342 e. The number of likely N-dealkylation sites (tertiary alicyclic amines) is 1. The standard InChI is InChI=1S/C23H26F3N3O2/c1-16(30)28(2)21(15-17-4-3-5-20(14-17)23(24,25)26)18-8-12-29(13-9-18)22(31)19-6-10-27-11-7-19/h3-7,10-11,14,18,21H,8-9,12-13,15H2,1-2H3. The summed E-state index contributed by atoms with van der Waals surface area (Å²) in [6.45, 7) is 2.54. The molecule has 8 heteroatoms. The van der Waals surface area contributed by atoms with Crippen LogP contribution in [-0.4, -0.2) is 52.8 Å². The maximum atomic E-state index is 13.1. The summed E-state index contributed by atoms with van der Waals surface area (Å²) in [4.78, 5) is 32.1. The maximum absolute atomic E-state index is 13.1. The number of halogens is 3. The topological polar surface area (TPSA) is 53.5 Å². The van der Waals surface area contributed by atoms with Crippen molar-refractivity contribution < 1.29 is 22.8 Å². The zero-order valence-corrected chi connectivity index (χ0v) is 17.6. The molecule has 1 atom stereocenters. The van der Waals surface area contributed by atoms with E-state index < -0.39 is 11.7 Å². The van der Waals surface area contributed by atoms with Crippen molar-refractivity contribution in [2.24, 2.45) is 5.92 Å². The predicted molar refractivity (Wildman–Crippen MR) is 110 cm³/mol. The number of rotatable bonds is 5. The van der Waals surface area contributed by atoms with Gasteiger partial charge in [-0.15, -0.1) is 0 Å². The van der Waals surface area contributed by atoms with E-state index in [-0.39, 0.29) is 23.8 Å². The number of hydrogen-bond donors (Lipinski definition) is 0. The number of carbonyl (C=O) groups is 2. The number of pyridine rings is 1. The lowest BCUT2D eigenvalue weighted by atomic mass is 9.84. The average molecular weight is 433 g/mol. The lowest BCUT2D eigenvalue weighted by Gasteiger charge is -2.40. The van der Waals surface area contributed by atoms with E-state index in [2.05, 4.69) is 4.98 Å². The molecule has 0 saturated carbocycles. The van der Waals surface area contributed by atoms with Crippen LogP contribution in [0.2, 0.25) is 0 Å². The Kier molecular flexibility index (Phi) is 6.97. The van der Waals surface area contributed by atoms with Crippen LogP contribution < -0.4 is 0 Å². The quantitative estimate of drug-likeness (QED) is 0.715. The summed E-state index contributed by atoms with van der Waals surface area (Å²) in [5.74, 6) is -0.104. The van der Waals surface area contributed by atoms with Gasteiger partial charge in [-0.2, -0.15) is 13.2 Å². The van der Waals surface area contributed by atoms with Crippen molar-refractivity contribution in [2.75, 3.05) is 20.1 Å². The summed E-state index contributed by atoms with van der Waals surface area (Å²) in [5.41, 5.74) is 0.435. The van der Waals surface area contributed by atoms with E-state index in [9.17, 15) is 22.8 Å². The van der Waals surface area contributed by atoms with E-state index in [0.29, 0.717) is 43.5 Å². The van der Waals surface area contributed by atoms with E-state index in [1.807, 2.05) is 0 Å². The Balaban J connectivity index is 1.72. The first-order chi connectivity index (χ1) is 14.7. The molecule has 2 aromatic rings. The van der Waals surface area contributed by atoms with Crippen LogP contribution in [0.4, 0.5) is 13.2 Å². The third-order valence-electron chi connectivity index (χ3n) is 5.99. The van der Waals surface area contributed by atoms with Crippen molar-refractivity contribution in [2.45, 2.75) is 38.4 Å². The number of nitrogens with zero attached hydrogens (tertiary/aromatic N) is 3. The molecule has 1 aliphatic rings. The Hall–Kier alpha value is -2.90. The monoisotopic (exact) mass is 433 g/mol. The maximum Gasteiger partial charge on any atom is 0.416 e. The molecule has 5 nitrogen and oxygen atoms in total. The van der Waals surface area contributed by atoms with Gasteiger partial charge in [-0.3, -0.25) is 14.6 Å². The summed E-state index contributed by atoms with van der Waals surface area (Å²) in [6.07, 6.45) is 0.440. The minimum Gasteiger partial charge on any atom is -0.342 e. The molecule has 3 rings (SSSR count). The molecule has 2 heterocycles. The van der Waals surface area contributed by atoms with Gasteiger partial charge in [-0.1, -0.05) is 18.2 Å². The van der Waals surface area contributed by atoms with Crippen LogP contribution in [0.3, 0.4) is 0 Å². The largest absolute Gasteiger partial charge is 0.416 e. The van der Waals surface area contributed by atoms with Crippen molar-refractivity contribution in [3.05, 3.63) is 65.5 Å². The van der Waals surface area contributed by atoms with E-state index in [4.69, 9.17) is 0 Å². The Labute approximate surface area is 179 Å². The van der Waals surface area contributed by atoms with Crippen molar-refractivity contribution in [3.63, 3.8) is 0 Å². The molecule has 1 unspecified atom stereocenters. The predicted octanol–water partition coefficient (Wildman–Crippen LogP) is 4.04. The van der Waals surface area contributed by atoms with Gasteiger partial charge in [0.15, 0.2) is 0 Å². The van der Waals surface area contributed by atoms with E-state index in [0.717, 1.165) is 12.1 Å². The van der Waals surface area contributed by atoms with Crippen LogP contribution in [-0.2, 0) is 17.4 Å². The summed E-state index contributed by atoms with van der Waals surface area (Å²) in [6, 6.07) is 8.39. The number of alkyl halides is 3. The molecule has 0 bridgehead atoms. The van der Waals surface area contributed by atoms with Crippen LogP contribution in [0.25, 0.3) is 0 Å². The third-order valence-corrected chi connectivity index (χ3v) is 5.99. The fourth-order valence-electron chi connectivity index (χ4n) is 4.13. The molecule has 0 spiro atoms. The Morgan fingerprint density at radius 2 is 1.81 bits per heavy atom. The molecule has 2 amide bonds. The summed E-state index contributed by atoms with van der Waals surface area (Å²) >= 11 is 0. The molecule has 31 heavy (non-hydrogen) atoms. The van der Waals surface area contributed by atoms with Gasteiger partial charge in [0, 0.05) is 51.1 Å². The molecular formula is C23H26F3N3O2. The minimum absolute atomic E-state index is 0.0600. The number of likely N-dealkylation sites (N-methyl/N-ethyl adjacent to an activating group) is 1. The van der Waals surface area contributed by atoms with Gasteiger partial charge >= 0.3 is 6.18 Å². The Morgan fingerprint density at radius 1 is 1.16 bits per heavy atom. The van der Waals surface area contributed by atoms with Gasteiger partial charge in [0.2, 0.25) is 5.91 Å². The highest BCUT2D eigenvalue weighted by Crippen LogP contribution is 2.31. The van der Waals surface area contributed by atoms with Gasteiger partial charge in [0.1, 0.15) is 0 Å². The molecule has 1 aliphatic heterocycles. The SMILES string of the molecule is CC(=O)N(C)C(Cc1cccc(C(F)(F)F)c1)C1CCN(C(=O)c2ccncc2)CC1. The van der Waals surface area contributed by atoms with E-state index in [1.165, 1.54) is 13.0 Å². The fourth-order valence-corrected chi connectivity index (χ4v) is 4.13. The van der Waals surface area contributed by atoms with Crippen LogP contribution >= 0.6 is 0 Å². The number of benzene rings is 1. The second-order valence-electron chi connectivity index (χ2n) is 7.97. The second kappa shape index (κ2) is 9.49. The highest BCUT2D eigenvalue weighted by Gasteiger charge is 2.34. The molecule has 0 aliphatic carbocycles. The Morgan fingerprint density at radius 3 is 2.39 bits per heavy atom. The molecule has 0 radical (unpaired) electrons. The number of piperidine rings is 1. The molecule has 166 valence electrons. The Bertz CT molecular complexity index is 910. The molecule has 1 aromatic carbocycles. The molecule has 0 N–H and O–H groups in total. The van der Waals surface area contributed by atoms with Crippen LogP contribution in [0.15, 0.2) is 48.8 Å². The summed E-state index contributed by atoms with van der Waals surface area (Å²) in [5, 5.41) is 0. The van der Waals surface area contributed by atoms with Gasteiger partial charge < -0.3 is 9.80 Å². The fraction of sp³-hybridized carbons (Fsp3) is 0.435. The van der Waals surface area contributed by atoms with Crippen molar-refractivity contribution in [3.8, 4) is 0 Å². The van der Waals surface area contributed by atoms with Crippen molar-refractivity contribution in [1.82, 2.24) is 14.8 Å². The van der Waals surface area contributed by atoms with Gasteiger partial charge in [-0.05, 0) is 48.9 Å². The first-order valence-corrected chi connectivity index (χ1v) is 10.3. The summed E-state index contributed by atoms with van der Waals surface area (Å²) in [7, 11) is 1.69. The van der Waals surface area contributed by atoms with Crippen LogP contribution in [0.1, 0.15) is 41.3 Å². The third kappa shape index (κ3) is 5.62. The molecule has 1 saturated heterocycles. The lowest BCUT2D eigenvalue weighted by Crippen LogP contribution is -2.48. The van der Waals surface area contributed by atoms with Crippen LogP contribution in [0, 0.1) is 5.92 Å². The normalized spacial score (nSPS) is 16.1. The van der Waals surface area contributed by atoms with E-state index in [1.54, 1.807) is 47.4 Å². The minimum atomic E-state index is -4.41. The van der Waals surface area contributed by atoms with Gasteiger partial charge in [-0.25, -0.2) is 0 Å². The first kappa shape index (κ1) is 22.8. The molecule has 1 aromatic heterocycles. The first-order valence-electron chi connectivity index (χ1n) is 10.3. The average Bonchev–Trinajstić information content (AvgIpc) is 2.77. The molecular weight excluding hydrogens is 407 g/mol. The van der Waals surface area contributed by atoms with Crippen LogP contribution in [0.5, 0.6) is 0 Å². The molecule has 1 fully saturated rings. The summed E-state index contributed by atoms with van der Waals surface area (Å²) < 4.78 is 39.3. The van der Waals surface area contributed by atoms with Gasteiger partial charge in [0.25, 0.3) is 5.91 Å². The number of carbonyl (C=O) groups excluding carboxylic acids is 2. The number of hydrogen-bond acceptors (Lipinski definition) is 3.